The Bertz CT molecular complexity index is 784. The normalized spacial score (nSPS) is 20.5. The first-order chi connectivity index (χ1) is 14.3. The van der Waals surface area contributed by atoms with Gasteiger partial charge in [0.2, 0.25) is 5.91 Å². The number of quaternary nitrogens is 1. The zero-order chi connectivity index (χ0) is 21.8. The second-order valence-electron chi connectivity index (χ2n) is 9.04. The first-order valence-corrected chi connectivity index (χ1v) is 11.4. The van der Waals surface area contributed by atoms with Crippen LogP contribution in [0.1, 0.15) is 48.9 Å². The van der Waals surface area contributed by atoms with Gasteiger partial charge in [-0.25, -0.2) is 0 Å². The molecule has 1 fully saturated rings. The van der Waals surface area contributed by atoms with Gasteiger partial charge in [-0.2, -0.15) is 0 Å². The van der Waals surface area contributed by atoms with E-state index in [9.17, 15) is 14.7 Å². The van der Waals surface area contributed by atoms with E-state index in [0.29, 0.717) is 32.1 Å². The number of carboxylic acids is 1. The summed E-state index contributed by atoms with van der Waals surface area (Å²) in [5.74, 6) is 0.481. The van der Waals surface area contributed by atoms with Crippen molar-refractivity contribution in [2.24, 2.45) is 11.8 Å². The molecule has 166 valence electrons. The topological polar surface area (TPSA) is 74.1 Å². The van der Waals surface area contributed by atoms with Crippen molar-refractivity contribution in [3.8, 4) is 5.75 Å². The summed E-state index contributed by atoms with van der Waals surface area (Å²) < 4.78 is 5.98. The van der Waals surface area contributed by atoms with Crippen molar-refractivity contribution in [2.45, 2.75) is 53.4 Å². The van der Waals surface area contributed by atoms with Crippen LogP contribution in [0, 0.1) is 25.7 Å². The van der Waals surface area contributed by atoms with Gasteiger partial charge in [-0.1, -0.05) is 13.8 Å². The first-order valence-electron chi connectivity index (χ1n) is 11.4. The Morgan fingerprint density at radius 2 is 1.97 bits per heavy atom. The SMILES string of the molecule is CCCOc1cc(C)c2c(c1C)C[C@H]([C@H](C)C(=O)N1CC[NH+](CC(=O)[O-])CC1)CC2. The van der Waals surface area contributed by atoms with E-state index in [-0.39, 0.29) is 18.4 Å². The minimum atomic E-state index is -1.02. The third-order valence-electron chi connectivity index (χ3n) is 6.98. The van der Waals surface area contributed by atoms with Crippen molar-refractivity contribution in [3.63, 3.8) is 0 Å². The molecular formula is C24H36N2O4. The van der Waals surface area contributed by atoms with E-state index in [4.69, 9.17) is 4.74 Å². The summed E-state index contributed by atoms with van der Waals surface area (Å²) in [6.45, 7) is 11.9. The predicted molar refractivity (Wildman–Crippen MR) is 114 cm³/mol. The number of hydrogen-bond acceptors (Lipinski definition) is 4. The third kappa shape index (κ3) is 4.97. The van der Waals surface area contributed by atoms with Crippen LogP contribution in [-0.4, -0.2) is 56.1 Å². The molecule has 1 aliphatic carbocycles. The maximum Gasteiger partial charge on any atom is 0.226 e. The molecule has 0 radical (unpaired) electrons. The second-order valence-corrected chi connectivity index (χ2v) is 9.04. The molecule has 2 aliphatic rings. The maximum atomic E-state index is 13.2. The molecule has 1 heterocycles. The van der Waals surface area contributed by atoms with Crippen LogP contribution in [-0.2, 0) is 22.4 Å². The summed E-state index contributed by atoms with van der Waals surface area (Å²) in [6.07, 6.45) is 3.96. The molecule has 6 nitrogen and oxygen atoms in total. The molecule has 0 spiro atoms. The number of benzene rings is 1. The largest absolute Gasteiger partial charge is 0.544 e. The average molecular weight is 417 g/mol. The van der Waals surface area contributed by atoms with Gasteiger partial charge in [-0.15, -0.1) is 0 Å². The fourth-order valence-electron chi connectivity index (χ4n) is 5.03. The number of carbonyl (C=O) groups is 2. The minimum absolute atomic E-state index is 0.0258. The molecular weight excluding hydrogens is 380 g/mol. The summed E-state index contributed by atoms with van der Waals surface area (Å²) in [6, 6.07) is 2.17. The zero-order valence-electron chi connectivity index (χ0n) is 18.9. The van der Waals surface area contributed by atoms with Gasteiger partial charge in [-0.3, -0.25) is 4.79 Å². The number of nitrogens with one attached hydrogen (secondary N) is 1. The smallest absolute Gasteiger partial charge is 0.226 e. The lowest BCUT2D eigenvalue weighted by Gasteiger charge is -2.37. The molecule has 1 aromatic carbocycles. The number of hydrogen-bond donors (Lipinski definition) is 1. The average Bonchev–Trinajstić information content (AvgIpc) is 2.74. The van der Waals surface area contributed by atoms with Crippen molar-refractivity contribution in [1.29, 1.82) is 0 Å². The van der Waals surface area contributed by atoms with Crippen molar-refractivity contribution in [2.75, 3.05) is 39.3 Å². The molecule has 1 N–H and O–H groups in total. The van der Waals surface area contributed by atoms with E-state index in [1.165, 1.54) is 22.3 Å². The molecule has 0 aromatic heterocycles. The number of nitrogens with zero attached hydrogens (tertiary/aromatic N) is 1. The standard InChI is InChI=1S/C24H36N2O4/c1-5-12-30-22-13-16(2)20-7-6-19(14-21(20)18(22)4)17(3)24(29)26-10-8-25(9-11-26)15-23(27)28/h13,17,19H,5-12,14-15H2,1-4H3,(H,27,28)/t17-,19+/m0/s1. The fourth-order valence-corrected chi connectivity index (χ4v) is 5.03. The molecule has 1 aromatic rings. The third-order valence-corrected chi connectivity index (χ3v) is 6.98. The van der Waals surface area contributed by atoms with Crippen molar-refractivity contribution in [1.82, 2.24) is 4.90 Å². The highest BCUT2D eigenvalue weighted by atomic mass is 16.5. The Hall–Kier alpha value is -2.08. The van der Waals surface area contributed by atoms with Crippen LogP contribution < -0.4 is 14.7 Å². The van der Waals surface area contributed by atoms with Crippen molar-refractivity contribution < 1.29 is 24.3 Å². The Morgan fingerprint density at radius 3 is 2.60 bits per heavy atom. The number of amides is 1. The van der Waals surface area contributed by atoms with E-state index >= 15 is 0 Å². The van der Waals surface area contributed by atoms with Crippen LogP contribution >= 0.6 is 0 Å². The van der Waals surface area contributed by atoms with Gasteiger partial charge in [0.05, 0.1) is 38.8 Å². The maximum absolute atomic E-state index is 13.2. The van der Waals surface area contributed by atoms with Crippen LogP contribution in [0.2, 0.25) is 0 Å². The number of carboxylic acid groups (broad SMARTS) is 1. The summed E-state index contributed by atoms with van der Waals surface area (Å²) in [5.41, 5.74) is 5.34. The van der Waals surface area contributed by atoms with Crippen molar-refractivity contribution in [3.05, 3.63) is 28.3 Å². The lowest BCUT2D eigenvalue weighted by atomic mass is 9.74. The van der Waals surface area contributed by atoms with Gasteiger partial charge in [0, 0.05) is 5.92 Å². The Balaban J connectivity index is 1.66. The van der Waals surface area contributed by atoms with E-state index < -0.39 is 5.97 Å². The molecule has 0 saturated carbocycles. The van der Waals surface area contributed by atoms with E-state index in [0.717, 1.165) is 42.9 Å². The van der Waals surface area contributed by atoms with Gasteiger partial charge in [-0.05, 0) is 73.8 Å². The Morgan fingerprint density at radius 1 is 1.27 bits per heavy atom. The molecule has 30 heavy (non-hydrogen) atoms. The van der Waals surface area contributed by atoms with Gasteiger partial charge in [0.1, 0.15) is 12.3 Å². The highest BCUT2D eigenvalue weighted by molar-refractivity contribution is 5.79. The quantitative estimate of drug-likeness (QED) is 0.694. The van der Waals surface area contributed by atoms with Crippen LogP contribution in [0.3, 0.4) is 0 Å². The minimum Gasteiger partial charge on any atom is -0.544 e. The zero-order valence-corrected chi connectivity index (χ0v) is 18.9. The number of piperazine rings is 1. The van der Waals surface area contributed by atoms with Crippen LogP contribution in [0.25, 0.3) is 0 Å². The van der Waals surface area contributed by atoms with Crippen LogP contribution in [0.15, 0.2) is 6.07 Å². The van der Waals surface area contributed by atoms with Gasteiger partial charge in [0.15, 0.2) is 0 Å². The lowest BCUT2D eigenvalue weighted by Crippen LogP contribution is -3.16. The van der Waals surface area contributed by atoms with Crippen LogP contribution in [0.4, 0.5) is 0 Å². The van der Waals surface area contributed by atoms with Crippen molar-refractivity contribution >= 4 is 11.9 Å². The summed E-state index contributed by atoms with van der Waals surface area (Å²) in [5, 5.41) is 10.8. The van der Waals surface area contributed by atoms with Gasteiger partial charge in [0.25, 0.3) is 0 Å². The highest BCUT2D eigenvalue weighted by Crippen LogP contribution is 2.38. The lowest BCUT2D eigenvalue weighted by molar-refractivity contribution is -0.898. The molecule has 1 saturated heterocycles. The number of fused-ring (bicyclic) bond motifs is 1. The Kier molecular flexibility index (Phi) is 7.40. The number of carbonyl (C=O) groups excluding carboxylic acids is 2. The second kappa shape index (κ2) is 9.82. The number of aliphatic carboxylic acids is 1. The first kappa shape index (κ1) is 22.6. The molecule has 1 amide bonds. The van der Waals surface area contributed by atoms with Gasteiger partial charge < -0.3 is 24.4 Å². The number of aryl methyl sites for hydroxylation is 1. The summed E-state index contributed by atoms with van der Waals surface area (Å²) in [4.78, 5) is 26.9. The molecule has 0 unspecified atom stereocenters. The summed E-state index contributed by atoms with van der Waals surface area (Å²) >= 11 is 0. The monoisotopic (exact) mass is 416 g/mol. The highest BCUT2D eigenvalue weighted by Gasteiger charge is 2.34. The number of ether oxygens (including phenoxy) is 1. The van der Waals surface area contributed by atoms with E-state index in [1.807, 2.05) is 4.90 Å². The van der Waals surface area contributed by atoms with E-state index in [1.54, 1.807) is 0 Å². The van der Waals surface area contributed by atoms with Gasteiger partial charge >= 0.3 is 0 Å². The summed E-state index contributed by atoms with van der Waals surface area (Å²) in [7, 11) is 0. The van der Waals surface area contributed by atoms with Crippen LogP contribution in [0.5, 0.6) is 5.75 Å². The molecule has 3 rings (SSSR count). The molecule has 2 atom stereocenters. The Labute approximate surface area is 180 Å². The van der Waals surface area contributed by atoms with E-state index in [2.05, 4.69) is 33.8 Å². The fraction of sp³-hybridized carbons (Fsp3) is 0.667. The molecule has 1 aliphatic heterocycles. The predicted octanol–water partition coefficient (Wildman–Crippen LogP) is 0.310. The molecule has 0 bridgehead atoms. The molecule has 6 heteroatoms. The number of rotatable bonds is 7.